The number of esters is 2. The minimum Gasteiger partial charge on any atom is -0.465 e. The Morgan fingerprint density at radius 3 is 2.43 bits per heavy atom. The molecule has 154 valence electrons. The molecule has 0 fully saturated rings. The van der Waals surface area contributed by atoms with Crippen molar-refractivity contribution in [1.29, 1.82) is 0 Å². The highest BCUT2D eigenvalue weighted by Gasteiger charge is 2.28. The summed E-state index contributed by atoms with van der Waals surface area (Å²) in [5.41, 5.74) is 1.60. The van der Waals surface area contributed by atoms with E-state index < -0.39 is 17.4 Å². The van der Waals surface area contributed by atoms with Crippen molar-refractivity contribution in [3.05, 3.63) is 69.1 Å². The van der Waals surface area contributed by atoms with E-state index in [-0.39, 0.29) is 29.8 Å². The van der Waals surface area contributed by atoms with Crippen LogP contribution in [-0.2, 0) is 22.6 Å². The molecule has 0 bridgehead atoms. The molecule has 30 heavy (non-hydrogen) atoms. The second kappa shape index (κ2) is 8.70. The van der Waals surface area contributed by atoms with Crippen LogP contribution in [0, 0.1) is 19.3 Å². The van der Waals surface area contributed by atoms with Crippen molar-refractivity contribution < 1.29 is 19.1 Å². The summed E-state index contributed by atoms with van der Waals surface area (Å²) < 4.78 is 13.3. The highest BCUT2D eigenvalue weighted by Crippen LogP contribution is 2.26. The molecule has 2 aromatic heterocycles. The molecule has 3 aromatic rings. The number of aromatic nitrogens is 2. The Kier molecular flexibility index (Phi) is 6.07. The van der Waals surface area contributed by atoms with Gasteiger partial charge in [-0.15, -0.1) is 6.42 Å². The van der Waals surface area contributed by atoms with Gasteiger partial charge in [0.2, 0.25) is 5.43 Å². The lowest BCUT2D eigenvalue weighted by molar-refractivity contribution is 0.0523. The summed E-state index contributed by atoms with van der Waals surface area (Å²) in [4.78, 5) is 38.4. The lowest BCUT2D eigenvalue weighted by atomic mass is 10.1. The Balaban J connectivity index is 2.43. The first-order valence-corrected chi connectivity index (χ1v) is 9.43. The van der Waals surface area contributed by atoms with Crippen molar-refractivity contribution in [3.63, 3.8) is 0 Å². The first-order chi connectivity index (χ1) is 14.4. The zero-order chi connectivity index (χ0) is 21.8. The second-order valence-corrected chi connectivity index (χ2v) is 6.65. The number of carbonyl (C=O) groups excluding carboxylic acids is 2. The van der Waals surface area contributed by atoms with Crippen LogP contribution in [0.25, 0.3) is 11.0 Å². The van der Waals surface area contributed by atoms with Gasteiger partial charge in [0.1, 0.15) is 16.6 Å². The SMILES string of the molecule is C#CCn1cc(C(=O)OCC)c(=O)c2c1c(C(=O)OC)c(C)n2Cc1ccccc1. The quantitative estimate of drug-likeness (QED) is 0.465. The van der Waals surface area contributed by atoms with E-state index in [4.69, 9.17) is 15.9 Å². The standard InChI is InChI=1S/C23H22N2O5/c1-5-12-24-14-17(22(27)30-6-2)21(26)20-19(24)18(23(28)29-4)15(3)25(20)13-16-10-8-7-9-11-16/h1,7-11,14H,6,12-13H2,2-4H3. The minimum atomic E-state index is -0.736. The Bertz CT molecular complexity index is 1210. The van der Waals surface area contributed by atoms with Crippen LogP contribution in [0.2, 0.25) is 0 Å². The average molecular weight is 406 g/mol. The van der Waals surface area contributed by atoms with Crippen molar-refractivity contribution >= 4 is 23.0 Å². The third kappa shape index (κ3) is 3.60. The number of hydrogen-bond donors (Lipinski definition) is 0. The maximum absolute atomic E-state index is 13.3. The van der Waals surface area contributed by atoms with Gasteiger partial charge in [-0.2, -0.15) is 0 Å². The predicted octanol–water partition coefficient (Wildman–Crippen LogP) is 2.76. The number of terminal acetylenes is 1. The van der Waals surface area contributed by atoms with Crippen LogP contribution in [0.1, 0.15) is 38.9 Å². The second-order valence-electron chi connectivity index (χ2n) is 6.65. The fourth-order valence-electron chi connectivity index (χ4n) is 3.52. The van der Waals surface area contributed by atoms with Crippen LogP contribution >= 0.6 is 0 Å². The number of pyridine rings is 1. The average Bonchev–Trinajstić information content (AvgIpc) is 3.03. The Morgan fingerprint density at radius 1 is 1.13 bits per heavy atom. The van der Waals surface area contributed by atoms with E-state index in [1.807, 2.05) is 30.3 Å². The third-order valence-electron chi connectivity index (χ3n) is 4.86. The molecule has 7 nitrogen and oxygen atoms in total. The molecule has 0 aliphatic carbocycles. The molecule has 2 heterocycles. The molecule has 0 unspecified atom stereocenters. The van der Waals surface area contributed by atoms with Crippen LogP contribution in [-0.4, -0.2) is 34.8 Å². The summed E-state index contributed by atoms with van der Waals surface area (Å²) in [7, 11) is 1.28. The molecule has 0 amide bonds. The molecule has 0 radical (unpaired) electrons. The number of fused-ring (bicyclic) bond motifs is 1. The van der Waals surface area contributed by atoms with Gasteiger partial charge in [-0.3, -0.25) is 4.79 Å². The van der Waals surface area contributed by atoms with Gasteiger partial charge in [0.25, 0.3) is 0 Å². The maximum Gasteiger partial charge on any atom is 0.343 e. The van der Waals surface area contributed by atoms with Crippen molar-refractivity contribution in [2.45, 2.75) is 26.9 Å². The number of hydrogen-bond acceptors (Lipinski definition) is 5. The van der Waals surface area contributed by atoms with Crippen LogP contribution in [0.3, 0.4) is 0 Å². The molecule has 0 saturated carbocycles. The largest absolute Gasteiger partial charge is 0.465 e. The predicted molar refractivity (Wildman–Crippen MR) is 113 cm³/mol. The molecule has 0 spiro atoms. The number of carbonyl (C=O) groups is 2. The fraction of sp³-hybridized carbons (Fsp3) is 0.261. The molecular weight excluding hydrogens is 384 g/mol. The molecule has 0 aliphatic heterocycles. The molecule has 0 aliphatic rings. The minimum absolute atomic E-state index is 0.0575. The number of rotatable bonds is 6. The van der Waals surface area contributed by atoms with Gasteiger partial charge in [0.15, 0.2) is 0 Å². The van der Waals surface area contributed by atoms with E-state index in [1.54, 1.807) is 23.0 Å². The van der Waals surface area contributed by atoms with E-state index in [0.29, 0.717) is 17.8 Å². The molecule has 0 N–H and O–H groups in total. The van der Waals surface area contributed by atoms with Crippen LogP contribution in [0.5, 0.6) is 0 Å². The van der Waals surface area contributed by atoms with E-state index in [0.717, 1.165) is 5.56 Å². The van der Waals surface area contributed by atoms with Gasteiger partial charge >= 0.3 is 11.9 Å². The van der Waals surface area contributed by atoms with Crippen LogP contribution in [0.4, 0.5) is 0 Å². The topological polar surface area (TPSA) is 79.5 Å². The Morgan fingerprint density at radius 2 is 1.83 bits per heavy atom. The lowest BCUT2D eigenvalue weighted by Gasteiger charge is -2.11. The van der Waals surface area contributed by atoms with E-state index >= 15 is 0 Å². The van der Waals surface area contributed by atoms with Crippen molar-refractivity contribution in [2.75, 3.05) is 13.7 Å². The summed E-state index contributed by atoms with van der Waals surface area (Å²) in [6, 6.07) is 9.50. The summed E-state index contributed by atoms with van der Waals surface area (Å²) in [5.74, 6) is 1.18. The molecule has 0 atom stereocenters. The first-order valence-electron chi connectivity index (χ1n) is 9.43. The van der Waals surface area contributed by atoms with Crippen LogP contribution in [0.15, 0.2) is 41.3 Å². The highest BCUT2D eigenvalue weighted by atomic mass is 16.5. The Hall–Kier alpha value is -3.79. The van der Waals surface area contributed by atoms with Gasteiger partial charge < -0.3 is 18.6 Å². The monoisotopic (exact) mass is 406 g/mol. The maximum atomic E-state index is 13.3. The normalized spacial score (nSPS) is 10.6. The van der Waals surface area contributed by atoms with E-state index in [9.17, 15) is 14.4 Å². The number of benzene rings is 1. The fourth-order valence-corrected chi connectivity index (χ4v) is 3.52. The summed E-state index contributed by atoms with van der Waals surface area (Å²) in [6.45, 7) is 3.91. The summed E-state index contributed by atoms with van der Waals surface area (Å²) in [5, 5.41) is 0. The third-order valence-corrected chi connectivity index (χ3v) is 4.86. The number of nitrogens with zero attached hydrogens (tertiary/aromatic N) is 2. The van der Waals surface area contributed by atoms with Gasteiger partial charge in [0.05, 0.1) is 25.8 Å². The zero-order valence-corrected chi connectivity index (χ0v) is 17.1. The smallest absolute Gasteiger partial charge is 0.343 e. The van der Waals surface area contributed by atoms with Gasteiger partial charge in [0, 0.05) is 18.4 Å². The van der Waals surface area contributed by atoms with Crippen molar-refractivity contribution in [1.82, 2.24) is 9.13 Å². The van der Waals surface area contributed by atoms with E-state index in [1.165, 1.54) is 13.3 Å². The van der Waals surface area contributed by atoms with Crippen LogP contribution < -0.4 is 5.43 Å². The first kappa shape index (κ1) is 20.9. The van der Waals surface area contributed by atoms with Crippen molar-refractivity contribution in [2.24, 2.45) is 0 Å². The molecule has 3 rings (SSSR count). The summed E-state index contributed by atoms with van der Waals surface area (Å²) >= 11 is 0. The number of methoxy groups -OCH3 is 1. The van der Waals surface area contributed by atoms with Gasteiger partial charge in [-0.05, 0) is 19.4 Å². The molecule has 0 saturated heterocycles. The van der Waals surface area contributed by atoms with Crippen molar-refractivity contribution in [3.8, 4) is 12.3 Å². The molecule has 7 heteroatoms. The Labute approximate surface area is 173 Å². The van der Waals surface area contributed by atoms with Gasteiger partial charge in [-0.1, -0.05) is 36.3 Å². The van der Waals surface area contributed by atoms with E-state index in [2.05, 4.69) is 5.92 Å². The molecular formula is C23H22N2O5. The molecule has 1 aromatic carbocycles. The summed E-state index contributed by atoms with van der Waals surface area (Å²) in [6.07, 6.45) is 6.86. The highest BCUT2D eigenvalue weighted by molar-refractivity contribution is 6.05. The lowest BCUT2D eigenvalue weighted by Crippen LogP contribution is -2.23. The van der Waals surface area contributed by atoms with Gasteiger partial charge in [-0.25, -0.2) is 9.59 Å². The number of ether oxygens (including phenoxy) is 2. The zero-order valence-electron chi connectivity index (χ0n) is 17.1.